The maximum Gasteiger partial charge on any atom is 0.251 e. The minimum Gasteiger partial charge on any atom is -0.363 e. The molecule has 0 spiro atoms. The van der Waals surface area contributed by atoms with Crippen molar-refractivity contribution < 1.29 is 9.18 Å². The Morgan fingerprint density at radius 1 is 1.33 bits per heavy atom. The van der Waals surface area contributed by atoms with Crippen LogP contribution in [-0.2, 0) is 0 Å². The van der Waals surface area contributed by atoms with Gasteiger partial charge in [0.15, 0.2) is 5.11 Å². The summed E-state index contributed by atoms with van der Waals surface area (Å²) in [4.78, 5) is 14.7. The normalized spacial score (nSPS) is 25.9. The molecule has 2 fully saturated rings. The minimum atomic E-state index is -0.384. The summed E-state index contributed by atoms with van der Waals surface area (Å²) in [5.41, 5.74) is 0.380. The Bertz CT molecular complexity index is 610. The summed E-state index contributed by atoms with van der Waals surface area (Å²) in [6.45, 7) is 2.88. The van der Waals surface area contributed by atoms with E-state index in [1.807, 2.05) is 6.92 Å². The summed E-state index contributed by atoms with van der Waals surface area (Å²) in [5.74, 6) is -0.578. The number of nitrogens with zero attached hydrogens (tertiary/aromatic N) is 1. The van der Waals surface area contributed by atoms with Gasteiger partial charge in [0.1, 0.15) is 5.82 Å². The van der Waals surface area contributed by atoms with Crippen molar-refractivity contribution in [1.29, 1.82) is 0 Å². The second kappa shape index (κ2) is 7.47. The second-order valence-electron chi connectivity index (χ2n) is 6.63. The van der Waals surface area contributed by atoms with Gasteiger partial charge in [-0.15, -0.1) is 0 Å². The van der Waals surface area contributed by atoms with E-state index < -0.39 is 0 Å². The fraction of sp³-hybridized carbons (Fsp3) is 0.556. The molecule has 0 radical (unpaired) electrons. The summed E-state index contributed by atoms with van der Waals surface area (Å²) >= 11 is 5.53. The molecular formula is C18H24FN3OS. The molecule has 3 rings (SSSR count). The zero-order valence-electron chi connectivity index (χ0n) is 13.9. The molecule has 24 heavy (non-hydrogen) atoms. The highest BCUT2D eigenvalue weighted by molar-refractivity contribution is 7.80. The largest absolute Gasteiger partial charge is 0.363 e. The zero-order chi connectivity index (χ0) is 17.1. The third kappa shape index (κ3) is 3.69. The van der Waals surface area contributed by atoms with Crippen LogP contribution >= 0.6 is 12.2 Å². The van der Waals surface area contributed by atoms with Gasteiger partial charge in [0.25, 0.3) is 5.91 Å². The SMILES string of the molecule is CCNC(=S)N1C2CCCC1CC(NC(=O)c1cccc(F)c1)C2. The first-order chi connectivity index (χ1) is 11.6. The predicted molar refractivity (Wildman–Crippen MR) is 96.4 cm³/mol. The van der Waals surface area contributed by atoms with Crippen molar-refractivity contribution in [1.82, 2.24) is 15.5 Å². The Hall–Kier alpha value is -1.69. The van der Waals surface area contributed by atoms with E-state index >= 15 is 0 Å². The fourth-order valence-corrected chi connectivity index (χ4v) is 4.41. The summed E-state index contributed by atoms with van der Waals surface area (Å²) < 4.78 is 13.3. The minimum absolute atomic E-state index is 0.122. The van der Waals surface area contributed by atoms with Gasteiger partial charge >= 0.3 is 0 Å². The molecule has 1 aromatic carbocycles. The number of fused-ring (bicyclic) bond motifs is 2. The van der Waals surface area contributed by atoms with Crippen LogP contribution in [-0.4, -0.2) is 40.6 Å². The number of hydrogen-bond acceptors (Lipinski definition) is 2. The summed E-state index contributed by atoms with van der Waals surface area (Å²) in [7, 11) is 0. The molecule has 130 valence electrons. The smallest absolute Gasteiger partial charge is 0.251 e. The van der Waals surface area contributed by atoms with Gasteiger partial charge in [-0.1, -0.05) is 6.07 Å². The predicted octanol–water partition coefficient (Wildman–Crippen LogP) is 2.84. The number of amides is 1. The van der Waals surface area contributed by atoms with Crippen molar-refractivity contribution in [3.8, 4) is 0 Å². The van der Waals surface area contributed by atoms with Gasteiger partial charge in [-0.2, -0.15) is 0 Å². The lowest BCUT2D eigenvalue weighted by atomic mass is 9.82. The maximum atomic E-state index is 13.3. The highest BCUT2D eigenvalue weighted by Crippen LogP contribution is 2.34. The first-order valence-electron chi connectivity index (χ1n) is 8.71. The van der Waals surface area contributed by atoms with Gasteiger partial charge < -0.3 is 15.5 Å². The Morgan fingerprint density at radius 3 is 2.67 bits per heavy atom. The monoisotopic (exact) mass is 349 g/mol. The molecule has 2 saturated heterocycles. The second-order valence-corrected chi connectivity index (χ2v) is 7.02. The van der Waals surface area contributed by atoms with Crippen LogP contribution in [0.1, 0.15) is 49.4 Å². The molecule has 2 aliphatic heterocycles. The van der Waals surface area contributed by atoms with E-state index in [0.29, 0.717) is 17.6 Å². The van der Waals surface area contributed by atoms with Crippen molar-refractivity contribution in [3.05, 3.63) is 35.6 Å². The molecule has 4 nitrogen and oxygen atoms in total. The first-order valence-corrected chi connectivity index (χ1v) is 9.12. The van der Waals surface area contributed by atoms with Crippen molar-refractivity contribution in [2.75, 3.05) is 6.54 Å². The van der Waals surface area contributed by atoms with E-state index in [0.717, 1.165) is 37.3 Å². The lowest BCUT2D eigenvalue weighted by Crippen LogP contribution is -2.60. The molecule has 2 heterocycles. The topological polar surface area (TPSA) is 44.4 Å². The lowest BCUT2D eigenvalue weighted by molar-refractivity contribution is 0.0740. The summed E-state index contributed by atoms with van der Waals surface area (Å²) in [6, 6.07) is 6.72. The van der Waals surface area contributed by atoms with Gasteiger partial charge in [-0.25, -0.2) is 4.39 Å². The van der Waals surface area contributed by atoms with Crippen molar-refractivity contribution in [2.24, 2.45) is 0 Å². The Balaban J connectivity index is 1.65. The van der Waals surface area contributed by atoms with Crippen LogP contribution in [0.5, 0.6) is 0 Å². The molecule has 2 N–H and O–H groups in total. The summed E-state index contributed by atoms with van der Waals surface area (Å²) in [6.07, 6.45) is 5.21. The van der Waals surface area contributed by atoms with Crippen LogP contribution in [0.3, 0.4) is 0 Å². The Kier molecular flexibility index (Phi) is 5.33. The number of hydrogen-bond donors (Lipinski definition) is 2. The molecule has 2 atom stereocenters. The van der Waals surface area contributed by atoms with Crippen LogP contribution in [0.4, 0.5) is 4.39 Å². The fourth-order valence-electron chi connectivity index (χ4n) is 3.97. The van der Waals surface area contributed by atoms with Gasteiger partial charge in [0, 0.05) is 30.2 Å². The van der Waals surface area contributed by atoms with Crippen molar-refractivity contribution in [2.45, 2.75) is 57.2 Å². The van der Waals surface area contributed by atoms with Gasteiger partial charge in [0.05, 0.1) is 0 Å². The molecule has 1 amide bonds. The van der Waals surface area contributed by atoms with Crippen LogP contribution in [0.15, 0.2) is 24.3 Å². The maximum absolute atomic E-state index is 13.3. The van der Waals surface area contributed by atoms with Crippen molar-refractivity contribution in [3.63, 3.8) is 0 Å². The number of thiocarbonyl (C=S) groups is 1. The number of carbonyl (C=O) groups is 1. The quantitative estimate of drug-likeness (QED) is 0.824. The summed E-state index contributed by atoms with van der Waals surface area (Å²) in [5, 5.41) is 7.18. The molecule has 1 aromatic rings. The average molecular weight is 349 g/mol. The number of benzene rings is 1. The molecular weight excluding hydrogens is 325 g/mol. The number of rotatable bonds is 3. The average Bonchev–Trinajstić information content (AvgIpc) is 2.54. The van der Waals surface area contributed by atoms with Crippen LogP contribution in [0, 0.1) is 5.82 Å². The number of carbonyl (C=O) groups excluding carboxylic acids is 1. The van der Waals surface area contributed by atoms with Crippen LogP contribution < -0.4 is 10.6 Å². The standard InChI is InChI=1S/C18H24FN3OS/c1-2-20-18(24)22-15-7-4-8-16(22)11-14(10-15)21-17(23)12-5-3-6-13(19)9-12/h3,5-6,9,14-16H,2,4,7-8,10-11H2,1H3,(H,20,24)(H,21,23). The van der Waals surface area contributed by atoms with Crippen LogP contribution in [0.2, 0.25) is 0 Å². The number of nitrogens with one attached hydrogen (secondary N) is 2. The van der Waals surface area contributed by atoms with Gasteiger partial charge in [-0.05, 0) is 69.4 Å². The van der Waals surface area contributed by atoms with Gasteiger partial charge in [-0.3, -0.25) is 4.79 Å². The third-order valence-corrected chi connectivity index (χ3v) is 5.31. The van der Waals surface area contributed by atoms with E-state index in [9.17, 15) is 9.18 Å². The molecule has 0 saturated carbocycles. The molecule has 0 aromatic heterocycles. The van der Waals surface area contributed by atoms with E-state index in [4.69, 9.17) is 12.2 Å². The van der Waals surface area contributed by atoms with Gasteiger partial charge in [0.2, 0.25) is 0 Å². The molecule has 2 aliphatic rings. The zero-order valence-corrected chi connectivity index (χ0v) is 14.7. The molecule has 0 aliphatic carbocycles. The number of piperidine rings is 2. The molecule has 2 unspecified atom stereocenters. The van der Waals surface area contributed by atoms with E-state index in [-0.39, 0.29) is 17.8 Å². The van der Waals surface area contributed by atoms with E-state index in [1.165, 1.54) is 18.6 Å². The highest BCUT2D eigenvalue weighted by atomic mass is 32.1. The number of halogens is 1. The lowest BCUT2D eigenvalue weighted by Gasteiger charge is -2.50. The van der Waals surface area contributed by atoms with E-state index in [1.54, 1.807) is 12.1 Å². The van der Waals surface area contributed by atoms with Crippen LogP contribution in [0.25, 0.3) is 0 Å². The van der Waals surface area contributed by atoms with Crippen molar-refractivity contribution >= 4 is 23.2 Å². The highest BCUT2D eigenvalue weighted by Gasteiger charge is 2.39. The molecule has 2 bridgehead atoms. The third-order valence-electron chi connectivity index (χ3n) is 4.96. The Morgan fingerprint density at radius 2 is 2.04 bits per heavy atom. The Labute approximate surface area is 147 Å². The molecule has 6 heteroatoms. The first kappa shape index (κ1) is 17.1. The van der Waals surface area contributed by atoms with E-state index in [2.05, 4.69) is 15.5 Å².